The fourth-order valence-corrected chi connectivity index (χ4v) is 1.86. The van der Waals surface area contributed by atoms with Gasteiger partial charge in [0.25, 0.3) is 5.91 Å². The predicted octanol–water partition coefficient (Wildman–Crippen LogP) is 2.39. The lowest BCUT2D eigenvalue weighted by Gasteiger charge is -2.10. The summed E-state index contributed by atoms with van der Waals surface area (Å²) in [7, 11) is 0. The molecule has 1 aromatic carbocycles. The molecule has 0 aliphatic rings. The molecule has 0 fully saturated rings. The Morgan fingerprint density at radius 2 is 1.95 bits per heavy atom. The van der Waals surface area contributed by atoms with Crippen molar-refractivity contribution < 1.29 is 9.53 Å². The van der Waals surface area contributed by atoms with E-state index in [9.17, 15) is 4.79 Å². The highest BCUT2D eigenvalue weighted by Gasteiger charge is 2.05. The van der Waals surface area contributed by atoms with Crippen LogP contribution in [0.4, 0.5) is 0 Å². The number of amides is 1. The standard InChI is InChI=1S/C16H18N2O2/c1-12-3-4-15(13(2)9-12)20-11-16(19)18-10-14-5-7-17-8-6-14/h3-9H,10-11H2,1-2H3,(H,18,19). The van der Waals surface area contributed by atoms with Crippen LogP contribution in [0.1, 0.15) is 16.7 Å². The Bertz CT molecular complexity index is 582. The number of benzene rings is 1. The van der Waals surface area contributed by atoms with Gasteiger partial charge in [-0.05, 0) is 43.2 Å². The topological polar surface area (TPSA) is 51.2 Å². The van der Waals surface area contributed by atoms with Crippen molar-refractivity contribution in [2.24, 2.45) is 0 Å². The van der Waals surface area contributed by atoms with E-state index in [0.29, 0.717) is 6.54 Å². The molecular weight excluding hydrogens is 252 g/mol. The number of hydrogen-bond acceptors (Lipinski definition) is 3. The quantitative estimate of drug-likeness (QED) is 0.907. The Hall–Kier alpha value is -2.36. The van der Waals surface area contributed by atoms with Crippen LogP contribution in [0, 0.1) is 13.8 Å². The number of carbonyl (C=O) groups excluding carboxylic acids is 1. The van der Waals surface area contributed by atoms with Crippen LogP contribution in [0.3, 0.4) is 0 Å². The molecule has 0 unspecified atom stereocenters. The molecule has 20 heavy (non-hydrogen) atoms. The van der Waals surface area contributed by atoms with Gasteiger partial charge in [0.1, 0.15) is 5.75 Å². The van der Waals surface area contributed by atoms with E-state index >= 15 is 0 Å². The van der Waals surface area contributed by atoms with Gasteiger partial charge in [-0.2, -0.15) is 0 Å². The normalized spacial score (nSPS) is 10.1. The number of rotatable bonds is 5. The number of aryl methyl sites for hydroxylation is 2. The van der Waals surface area contributed by atoms with Gasteiger partial charge in [-0.25, -0.2) is 0 Å². The fraction of sp³-hybridized carbons (Fsp3) is 0.250. The molecule has 0 saturated heterocycles. The summed E-state index contributed by atoms with van der Waals surface area (Å²) in [5.41, 5.74) is 3.23. The van der Waals surface area contributed by atoms with Crippen LogP contribution in [0.2, 0.25) is 0 Å². The van der Waals surface area contributed by atoms with E-state index in [4.69, 9.17) is 4.74 Å². The second kappa shape index (κ2) is 6.70. The summed E-state index contributed by atoms with van der Waals surface area (Å²) < 4.78 is 5.52. The highest BCUT2D eigenvalue weighted by Crippen LogP contribution is 2.18. The number of pyridine rings is 1. The lowest BCUT2D eigenvalue weighted by atomic mass is 10.1. The second-order valence-corrected chi connectivity index (χ2v) is 4.69. The predicted molar refractivity (Wildman–Crippen MR) is 77.5 cm³/mol. The maximum absolute atomic E-state index is 11.7. The van der Waals surface area contributed by atoms with Gasteiger partial charge in [0.15, 0.2) is 6.61 Å². The van der Waals surface area contributed by atoms with Crippen molar-refractivity contribution in [2.75, 3.05) is 6.61 Å². The minimum absolute atomic E-state index is 0.0228. The summed E-state index contributed by atoms with van der Waals surface area (Å²) in [6.45, 7) is 4.50. The van der Waals surface area contributed by atoms with Gasteiger partial charge in [0, 0.05) is 18.9 Å². The molecule has 4 heteroatoms. The molecule has 0 aliphatic heterocycles. The Morgan fingerprint density at radius 3 is 2.65 bits per heavy atom. The Labute approximate surface area is 118 Å². The molecule has 4 nitrogen and oxygen atoms in total. The van der Waals surface area contributed by atoms with Gasteiger partial charge < -0.3 is 10.1 Å². The van der Waals surface area contributed by atoms with Gasteiger partial charge >= 0.3 is 0 Å². The minimum atomic E-state index is -0.137. The summed E-state index contributed by atoms with van der Waals surface area (Å²) in [6, 6.07) is 9.62. The Balaban J connectivity index is 1.80. The first-order chi connectivity index (χ1) is 9.65. The van der Waals surface area contributed by atoms with Crippen molar-refractivity contribution in [1.29, 1.82) is 0 Å². The van der Waals surface area contributed by atoms with Crippen molar-refractivity contribution in [3.8, 4) is 5.75 Å². The van der Waals surface area contributed by atoms with Crippen LogP contribution in [0.15, 0.2) is 42.7 Å². The highest BCUT2D eigenvalue weighted by molar-refractivity contribution is 5.77. The lowest BCUT2D eigenvalue weighted by Crippen LogP contribution is -2.28. The first-order valence-corrected chi connectivity index (χ1v) is 6.51. The van der Waals surface area contributed by atoms with Crippen molar-refractivity contribution in [1.82, 2.24) is 10.3 Å². The summed E-state index contributed by atoms with van der Waals surface area (Å²) >= 11 is 0. The smallest absolute Gasteiger partial charge is 0.258 e. The van der Waals surface area contributed by atoms with Crippen LogP contribution < -0.4 is 10.1 Å². The summed E-state index contributed by atoms with van der Waals surface area (Å²) in [4.78, 5) is 15.6. The zero-order chi connectivity index (χ0) is 14.4. The van der Waals surface area contributed by atoms with E-state index in [1.165, 1.54) is 5.56 Å². The van der Waals surface area contributed by atoms with E-state index in [1.54, 1.807) is 12.4 Å². The number of nitrogens with one attached hydrogen (secondary N) is 1. The van der Waals surface area contributed by atoms with Gasteiger partial charge in [-0.1, -0.05) is 17.7 Å². The van der Waals surface area contributed by atoms with E-state index in [-0.39, 0.29) is 12.5 Å². The molecule has 104 valence electrons. The van der Waals surface area contributed by atoms with Gasteiger partial charge in [0.05, 0.1) is 0 Å². The average molecular weight is 270 g/mol. The molecule has 0 spiro atoms. The van der Waals surface area contributed by atoms with E-state index in [0.717, 1.165) is 16.9 Å². The number of ether oxygens (including phenoxy) is 1. The molecule has 2 rings (SSSR count). The van der Waals surface area contributed by atoms with E-state index in [2.05, 4.69) is 10.3 Å². The molecule has 1 heterocycles. The van der Waals surface area contributed by atoms with Crippen molar-refractivity contribution in [3.05, 3.63) is 59.4 Å². The molecule has 2 aromatic rings. The molecule has 1 N–H and O–H groups in total. The molecule has 0 radical (unpaired) electrons. The third kappa shape index (κ3) is 4.09. The number of aromatic nitrogens is 1. The molecule has 0 aliphatic carbocycles. The molecule has 0 atom stereocenters. The molecule has 1 aromatic heterocycles. The van der Waals surface area contributed by atoms with Crippen molar-refractivity contribution in [2.45, 2.75) is 20.4 Å². The minimum Gasteiger partial charge on any atom is -0.484 e. The molecule has 0 bridgehead atoms. The number of nitrogens with zero attached hydrogens (tertiary/aromatic N) is 1. The zero-order valence-corrected chi connectivity index (χ0v) is 11.7. The van der Waals surface area contributed by atoms with Crippen LogP contribution in [0.25, 0.3) is 0 Å². The fourth-order valence-electron chi connectivity index (χ4n) is 1.86. The Kier molecular flexibility index (Phi) is 4.71. The third-order valence-electron chi connectivity index (χ3n) is 2.93. The summed E-state index contributed by atoms with van der Waals surface area (Å²) in [5, 5.41) is 2.81. The van der Waals surface area contributed by atoms with Crippen LogP contribution in [-0.4, -0.2) is 17.5 Å². The summed E-state index contributed by atoms with van der Waals surface area (Å²) in [5.74, 6) is 0.608. The number of carbonyl (C=O) groups is 1. The SMILES string of the molecule is Cc1ccc(OCC(=O)NCc2ccncc2)c(C)c1. The first kappa shape index (κ1) is 14.1. The van der Waals surface area contributed by atoms with Crippen molar-refractivity contribution >= 4 is 5.91 Å². The van der Waals surface area contributed by atoms with Gasteiger partial charge in [0.2, 0.25) is 0 Å². The largest absolute Gasteiger partial charge is 0.484 e. The first-order valence-electron chi connectivity index (χ1n) is 6.51. The Morgan fingerprint density at radius 1 is 1.20 bits per heavy atom. The monoisotopic (exact) mass is 270 g/mol. The van der Waals surface area contributed by atoms with Crippen LogP contribution >= 0.6 is 0 Å². The van der Waals surface area contributed by atoms with Crippen LogP contribution in [-0.2, 0) is 11.3 Å². The lowest BCUT2D eigenvalue weighted by molar-refractivity contribution is -0.123. The van der Waals surface area contributed by atoms with E-state index in [1.807, 2.05) is 44.2 Å². The molecule has 1 amide bonds. The zero-order valence-electron chi connectivity index (χ0n) is 11.7. The average Bonchev–Trinajstić information content (AvgIpc) is 2.45. The molecule has 0 saturated carbocycles. The second-order valence-electron chi connectivity index (χ2n) is 4.69. The van der Waals surface area contributed by atoms with Crippen LogP contribution in [0.5, 0.6) is 5.75 Å². The highest BCUT2D eigenvalue weighted by atomic mass is 16.5. The van der Waals surface area contributed by atoms with E-state index < -0.39 is 0 Å². The van der Waals surface area contributed by atoms with Gasteiger partial charge in [-0.3, -0.25) is 9.78 Å². The van der Waals surface area contributed by atoms with Gasteiger partial charge in [-0.15, -0.1) is 0 Å². The molecular formula is C16H18N2O2. The maximum atomic E-state index is 11.7. The number of hydrogen-bond donors (Lipinski definition) is 1. The van der Waals surface area contributed by atoms with Crippen molar-refractivity contribution in [3.63, 3.8) is 0 Å². The summed E-state index contributed by atoms with van der Waals surface area (Å²) in [6.07, 6.45) is 3.40. The third-order valence-corrected chi connectivity index (χ3v) is 2.93. The maximum Gasteiger partial charge on any atom is 0.258 e.